The Bertz CT molecular complexity index is 1340. The van der Waals surface area contributed by atoms with Gasteiger partial charge in [-0.2, -0.15) is 4.52 Å². The molecule has 154 valence electrons. The van der Waals surface area contributed by atoms with Gasteiger partial charge in [0.25, 0.3) is 0 Å². The SMILES string of the molecule is C=C(C)Cn1c(=O)n2nc(Cc3ccccc3)nc2c2c3c(sc21)COC(C)(C)C3. The van der Waals surface area contributed by atoms with Gasteiger partial charge in [-0.15, -0.1) is 16.4 Å². The highest BCUT2D eigenvalue weighted by molar-refractivity contribution is 7.19. The van der Waals surface area contributed by atoms with Crippen molar-refractivity contribution in [2.24, 2.45) is 0 Å². The van der Waals surface area contributed by atoms with Gasteiger partial charge in [0, 0.05) is 24.3 Å². The van der Waals surface area contributed by atoms with E-state index in [0.717, 1.165) is 27.8 Å². The van der Waals surface area contributed by atoms with Crippen LogP contribution in [0.15, 0.2) is 47.3 Å². The molecule has 1 aliphatic rings. The Hall–Kier alpha value is -2.77. The summed E-state index contributed by atoms with van der Waals surface area (Å²) in [5.41, 5.74) is 3.49. The summed E-state index contributed by atoms with van der Waals surface area (Å²) in [6, 6.07) is 10.1. The molecule has 0 spiro atoms. The second-order valence-electron chi connectivity index (χ2n) is 8.66. The fourth-order valence-electron chi connectivity index (χ4n) is 4.07. The molecule has 0 amide bonds. The second kappa shape index (κ2) is 6.89. The molecule has 0 saturated heterocycles. The number of hydrogen-bond acceptors (Lipinski definition) is 5. The van der Waals surface area contributed by atoms with Crippen LogP contribution in [0.4, 0.5) is 0 Å². The van der Waals surface area contributed by atoms with E-state index in [4.69, 9.17) is 9.72 Å². The van der Waals surface area contributed by atoms with Crippen molar-refractivity contribution in [2.45, 2.75) is 52.4 Å². The maximum atomic E-state index is 13.3. The van der Waals surface area contributed by atoms with Crippen LogP contribution in [0, 0.1) is 0 Å². The van der Waals surface area contributed by atoms with Crippen LogP contribution >= 0.6 is 11.3 Å². The highest BCUT2D eigenvalue weighted by Crippen LogP contribution is 2.40. The van der Waals surface area contributed by atoms with E-state index in [1.807, 2.05) is 37.3 Å². The van der Waals surface area contributed by atoms with E-state index in [2.05, 4.69) is 25.5 Å². The Morgan fingerprint density at radius 2 is 2.07 bits per heavy atom. The number of aromatic nitrogens is 4. The van der Waals surface area contributed by atoms with E-state index >= 15 is 0 Å². The number of ether oxygens (including phenoxy) is 1. The lowest BCUT2D eigenvalue weighted by molar-refractivity contribution is -0.0379. The van der Waals surface area contributed by atoms with Crippen LogP contribution in [0.2, 0.25) is 0 Å². The Morgan fingerprint density at radius 3 is 2.80 bits per heavy atom. The van der Waals surface area contributed by atoms with E-state index in [9.17, 15) is 4.79 Å². The lowest BCUT2D eigenvalue weighted by Crippen LogP contribution is -2.31. The second-order valence-corrected chi connectivity index (χ2v) is 9.74. The van der Waals surface area contributed by atoms with Gasteiger partial charge in [0.05, 0.1) is 17.6 Å². The third kappa shape index (κ3) is 3.18. The van der Waals surface area contributed by atoms with Gasteiger partial charge in [-0.05, 0) is 31.9 Å². The summed E-state index contributed by atoms with van der Waals surface area (Å²) in [6.45, 7) is 11.2. The molecule has 0 N–H and O–H groups in total. The zero-order valence-electron chi connectivity index (χ0n) is 17.4. The van der Waals surface area contributed by atoms with Crippen molar-refractivity contribution < 1.29 is 4.74 Å². The predicted molar refractivity (Wildman–Crippen MR) is 119 cm³/mol. The number of nitrogens with zero attached hydrogens (tertiary/aromatic N) is 4. The summed E-state index contributed by atoms with van der Waals surface area (Å²) in [7, 11) is 0. The topological polar surface area (TPSA) is 61.4 Å². The van der Waals surface area contributed by atoms with Gasteiger partial charge >= 0.3 is 5.69 Å². The molecule has 30 heavy (non-hydrogen) atoms. The first kappa shape index (κ1) is 19.2. The Kier molecular flexibility index (Phi) is 4.41. The lowest BCUT2D eigenvalue weighted by Gasteiger charge is -2.30. The van der Waals surface area contributed by atoms with Crippen LogP contribution in [0.25, 0.3) is 15.9 Å². The maximum absolute atomic E-state index is 13.3. The standard InChI is InChI=1S/C23H24N4O2S/c1-14(2)12-26-21-19(16-11-23(3,4)29-13-17(16)30-21)20-24-18(25-27(20)22(26)28)10-15-8-6-5-7-9-15/h5-9H,1,10-13H2,2-4H3. The first-order valence-corrected chi connectivity index (χ1v) is 10.9. The zero-order chi connectivity index (χ0) is 21.0. The fraction of sp³-hybridized carbons (Fsp3) is 0.348. The van der Waals surface area contributed by atoms with E-state index in [-0.39, 0.29) is 11.3 Å². The van der Waals surface area contributed by atoms with E-state index in [0.29, 0.717) is 31.0 Å². The van der Waals surface area contributed by atoms with Crippen molar-refractivity contribution in [1.82, 2.24) is 19.2 Å². The van der Waals surface area contributed by atoms with Gasteiger partial charge in [0.1, 0.15) is 4.83 Å². The first-order valence-electron chi connectivity index (χ1n) is 10.1. The van der Waals surface area contributed by atoms with Crippen molar-refractivity contribution >= 4 is 27.2 Å². The van der Waals surface area contributed by atoms with E-state index in [1.54, 1.807) is 15.9 Å². The molecule has 6 nitrogen and oxygen atoms in total. The van der Waals surface area contributed by atoms with Crippen LogP contribution in [-0.4, -0.2) is 24.8 Å². The minimum Gasteiger partial charge on any atom is -0.370 e. The summed E-state index contributed by atoms with van der Waals surface area (Å²) in [5.74, 6) is 0.652. The third-order valence-electron chi connectivity index (χ3n) is 5.43. The Morgan fingerprint density at radius 1 is 1.30 bits per heavy atom. The van der Waals surface area contributed by atoms with Crippen LogP contribution in [0.1, 0.15) is 42.6 Å². The van der Waals surface area contributed by atoms with Crippen LogP contribution in [0.3, 0.4) is 0 Å². The zero-order valence-corrected chi connectivity index (χ0v) is 18.3. The molecule has 0 bridgehead atoms. The summed E-state index contributed by atoms with van der Waals surface area (Å²) in [6.07, 6.45) is 1.37. The van der Waals surface area contributed by atoms with Gasteiger partial charge in [-0.25, -0.2) is 9.78 Å². The summed E-state index contributed by atoms with van der Waals surface area (Å²) >= 11 is 1.63. The molecule has 0 unspecified atom stereocenters. The largest absolute Gasteiger partial charge is 0.370 e. The molecule has 3 aromatic heterocycles. The minimum atomic E-state index is -0.250. The minimum absolute atomic E-state index is 0.175. The fourth-order valence-corrected chi connectivity index (χ4v) is 5.29. The van der Waals surface area contributed by atoms with Gasteiger partial charge in [-0.3, -0.25) is 4.57 Å². The summed E-state index contributed by atoms with van der Waals surface area (Å²) in [5, 5.41) is 5.63. The molecule has 0 atom stereocenters. The molecular formula is C23H24N4O2S. The molecular weight excluding hydrogens is 396 g/mol. The van der Waals surface area contributed by atoms with Crippen molar-refractivity contribution in [3.05, 3.63) is 74.8 Å². The van der Waals surface area contributed by atoms with Crippen molar-refractivity contribution in [1.29, 1.82) is 0 Å². The average Bonchev–Trinajstić information content (AvgIpc) is 3.26. The molecule has 4 heterocycles. The molecule has 0 fully saturated rings. The van der Waals surface area contributed by atoms with Crippen molar-refractivity contribution in [2.75, 3.05) is 0 Å². The molecule has 5 rings (SSSR count). The molecule has 0 aliphatic carbocycles. The highest BCUT2D eigenvalue weighted by atomic mass is 32.1. The normalized spacial score (nSPS) is 15.6. The molecule has 7 heteroatoms. The first-order chi connectivity index (χ1) is 14.3. The number of hydrogen-bond donors (Lipinski definition) is 0. The van der Waals surface area contributed by atoms with Gasteiger partial charge in [-0.1, -0.05) is 42.5 Å². The predicted octanol–water partition coefficient (Wildman–Crippen LogP) is 4.12. The number of allylic oxidation sites excluding steroid dienone is 1. The van der Waals surface area contributed by atoms with E-state index < -0.39 is 0 Å². The monoisotopic (exact) mass is 420 g/mol. The van der Waals surface area contributed by atoms with E-state index in [1.165, 1.54) is 15.0 Å². The number of thiophene rings is 1. The van der Waals surface area contributed by atoms with Gasteiger partial charge in [0.15, 0.2) is 11.5 Å². The van der Waals surface area contributed by atoms with Crippen LogP contribution < -0.4 is 5.69 Å². The van der Waals surface area contributed by atoms with Crippen LogP contribution in [0.5, 0.6) is 0 Å². The molecule has 0 radical (unpaired) electrons. The summed E-state index contributed by atoms with van der Waals surface area (Å²) in [4.78, 5) is 20.3. The quantitative estimate of drug-likeness (QED) is 0.466. The average molecular weight is 421 g/mol. The number of rotatable bonds is 4. The third-order valence-corrected chi connectivity index (χ3v) is 6.66. The molecule has 1 aliphatic heterocycles. The van der Waals surface area contributed by atoms with Gasteiger partial charge < -0.3 is 4.74 Å². The Balaban J connectivity index is 1.78. The smallest absolute Gasteiger partial charge is 0.352 e. The number of fused-ring (bicyclic) bond motifs is 5. The highest BCUT2D eigenvalue weighted by Gasteiger charge is 2.32. The molecule has 1 aromatic carbocycles. The number of benzene rings is 1. The van der Waals surface area contributed by atoms with Crippen LogP contribution in [-0.2, 0) is 30.7 Å². The molecule has 4 aromatic rings. The lowest BCUT2D eigenvalue weighted by atomic mass is 9.94. The van der Waals surface area contributed by atoms with Crippen molar-refractivity contribution in [3.8, 4) is 0 Å². The van der Waals surface area contributed by atoms with Crippen molar-refractivity contribution in [3.63, 3.8) is 0 Å². The maximum Gasteiger partial charge on any atom is 0.352 e. The Labute approximate surface area is 178 Å². The molecule has 0 saturated carbocycles. The summed E-state index contributed by atoms with van der Waals surface area (Å²) < 4.78 is 9.28. The van der Waals surface area contributed by atoms with Gasteiger partial charge in [0.2, 0.25) is 0 Å².